The molecule has 25 heavy (non-hydrogen) atoms. The molecule has 2 rings (SSSR count). The molecule has 0 radical (unpaired) electrons. The Morgan fingerprint density at radius 1 is 1.12 bits per heavy atom. The van der Waals surface area contributed by atoms with Crippen LogP contribution >= 0.6 is 0 Å². The molecule has 0 aliphatic carbocycles. The summed E-state index contributed by atoms with van der Waals surface area (Å²) in [5, 5.41) is 12.0. The van der Waals surface area contributed by atoms with Gasteiger partial charge in [0.15, 0.2) is 9.84 Å². The van der Waals surface area contributed by atoms with Crippen LogP contribution in [0.15, 0.2) is 53.4 Å². The van der Waals surface area contributed by atoms with Crippen LogP contribution in [0.25, 0.3) is 0 Å². The van der Waals surface area contributed by atoms with Gasteiger partial charge in [0.05, 0.1) is 10.8 Å². The zero-order valence-corrected chi connectivity index (χ0v) is 14.7. The summed E-state index contributed by atoms with van der Waals surface area (Å²) in [5.41, 5.74) is 1.57. The Bertz CT molecular complexity index is 891. The number of aliphatic carboxylic acids is 1. The molecule has 1 atom stereocenters. The monoisotopic (exact) mass is 361 g/mol. The van der Waals surface area contributed by atoms with Gasteiger partial charge < -0.3 is 10.4 Å². The van der Waals surface area contributed by atoms with Crippen molar-refractivity contribution >= 4 is 27.4 Å². The number of rotatable bonds is 6. The second-order valence-corrected chi connectivity index (χ2v) is 7.82. The van der Waals surface area contributed by atoms with E-state index < -0.39 is 27.6 Å². The molecule has 7 heteroatoms. The van der Waals surface area contributed by atoms with Crippen LogP contribution in [0.5, 0.6) is 0 Å². The van der Waals surface area contributed by atoms with Gasteiger partial charge in [0.1, 0.15) is 0 Å². The molecule has 0 bridgehead atoms. The molecule has 0 unspecified atom stereocenters. The third kappa shape index (κ3) is 4.90. The highest BCUT2D eigenvalue weighted by Gasteiger charge is 2.23. The second kappa shape index (κ2) is 7.48. The number of hydrogen-bond donors (Lipinski definition) is 2. The van der Waals surface area contributed by atoms with Gasteiger partial charge >= 0.3 is 5.97 Å². The maximum atomic E-state index is 12.3. The molecule has 0 spiro atoms. The number of anilines is 1. The van der Waals surface area contributed by atoms with E-state index >= 15 is 0 Å². The van der Waals surface area contributed by atoms with Crippen molar-refractivity contribution < 1.29 is 23.1 Å². The van der Waals surface area contributed by atoms with Crippen LogP contribution in [0.1, 0.15) is 23.5 Å². The second-order valence-electron chi connectivity index (χ2n) is 5.80. The number of nitrogens with one attached hydrogen (secondary N) is 1. The third-order valence-corrected chi connectivity index (χ3v) is 4.91. The number of carboxylic acid groups (broad SMARTS) is 1. The predicted molar refractivity (Wildman–Crippen MR) is 94.4 cm³/mol. The average molecular weight is 361 g/mol. The quantitative estimate of drug-likeness (QED) is 0.824. The van der Waals surface area contributed by atoms with E-state index in [-0.39, 0.29) is 11.3 Å². The molecule has 0 heterocycles. The first-order valence-electron chi connectivity index (χ1n) is 7.57. The summed E-state index contributed by atoms with van der Waals surface area (Å²) >= 11 is 0. The van der Waals surface area contributed by atoms with Gasteiger partial charge in [-0.1, -0.05) is 36.4 Å². The summed E-state index contributed by atoms with van der Waals surface area (Å²) in [5.74, 6) is -2.56. The van der Waals surface area contributed by atoms with Crippen molar-refractivity contribution in [2.75, 3.05) is 11.6 Å². The van der Waals surface area contributed by atoms with E-state index in [1.54, 1.807) is 43.3 Å². The molecule has 0 aromatic heterocycles. The van der Waals surface area contributed by atoms with Gasteiger partial charge in [-0.15, -0.1) is 0 Å². The van der Waals surface area contributed by atoms with Gasteiger partial charge in [-0.05, 0) is 30.2 Å². The molecule has 132 valence electrons. The van der Waals surface area contributed by atoms with Gasteiger partial charge in [0.2, 0.25) is 5.91 Å². The van der Waals surface area contributed by atoms with E-state index in [4.69, 9.17) is 0 Å². The van der Waals surface area contributed by atoms with Crippen molar-refractivity contribution in [2.45, 2.75) is 24.2 Å². The number of aryl methyl sites for hydroxylation is 1. The van der Waals surface area contributed by atoms with Crippen molar-refractivity contribution in [3.05, 3.63) is 59.7 Å². The third-order valence-electron chi connectivity index (χ3n) is 3.80. The molecule has 2 aromatic rings. The Kier molecular flexibility index (Phi) is 5.58. The number of sulfone groups is 1. The largest absolute Gasteiger partial charge is 0.481 e. The van der Waals surface area contributed by atoms with Crippen molar-refractivity contribution in [3.63, 3.8) is 0 Å². The Balaban J connectivity index is 2.20. The van der Waals surface area contributed by atoms with Gasteiger partial charge in [-0.3, -0.25) is 9.59 Å². The molecular weight excluding hydrogens is 342 g/mol. The van der Waals surface area contributed by atoms with Crippen molar-refractivity contribution in [1.29, 1.82) is 0 Å². The standard InChI is InChI=1S/C18H19NO5S/c1-12-8-9-14(25(2,23)24)10-16(12)19-17(20)11-15(18(21)22)13-6-4-3-5-7-13/h3-10,15H,11H2,1-2H3,(H,19,20)(H,21,22)/t15-/m0/s1. The SMILES string of the molecule is Cc1ccc(S(C)(=O)=O)cc1NC(=O)C[C@H](C(=O)O)c1ccccc1. The average Bonchev–Trinajstić information content (AvgIpc) is 2.54. The Hall–Kier alpha value is -2.67. The minimum absolute atomic E-state index is 0.0891. The number of carboxylic acids is 1. The first kappa shape index (κ1) is 18.7. The highest BCUT2D eigenvalue weighted by molar-refractivity contribution is 7.90. The fraction of sp³-hybridized carbons (Fsp3) is 0.222. The van der Waals surface area contributed by atoms with Crippen molar-refractivity contribution in [1.82, 2.24) is 0 Å². The first-order chi connectivity index (χ1) is 11.7. The highest BCUT2D eigenvalue weighted by atomic mass is 32.2. The molecule has 0 saturated carbocycles. The normalized spacial score (nSPS) is 12.4. The molecular formula is C18H19NO5S. The van der Waals surface area contributed by atoms with Gasteiger partial charge in [-0.2, -0.15) is 0 Å². The maximum Gasteiger partial charge on any atom is 0.311 e. The predicted octanol–water partition coefficient (Wildman–Crippen LogP) is 2.60. The summed E-state index contributed by atoms with van der Waals surface area (Å²) in [6.45, 7) is 1.73. The molecule has 0 saturated heterocycles. The number of carbonyl (C=O) groups is 2. The van der Waals surface area contributed by atoms with E-state index in [1.807, 2.05) is 0 Å². The number of carbonyl (C=O) groups excluding carboxylic acids is 1. The summed E-state index contributed by atoms with van der Waals surface area (Å²) < 4.78 is 23.3. The maximum absolute atomic E-state index is 12.3. The zero-order valence-electron chi connectivity index (χ0n) is 13.9. The van der Waals surface area contributed by atoms with Crippen LogP contribution < -0.4 is 5.32 Å². The Morgan fingerprint density at radius 2 is 1.76 bits per heavy atom. The highest BCUT2D eigenvalue weighted by Crippen LogP contribution is 2.23. The summed E-state index contributed by atoms with van der Waals surface area (Å²) in [6.07, 6.45) is 0.834. The van der Waals surface area contributed by atoms with Crippen LogP contribution in [0.3, 0.4) is 0 Å². The van der Waals surface area contributed by atoms with Crippen LogP contribution in [-0.2, 0) is 19.4 Å². The molecule has 0 fully saturated rings. The van der Waals surface area contributed by atoms with Gasteiger partial charge in [0, 0.05) is 18.4 Å². The molecule has 2 aromatic carbocycles. The number of amides is 1. The summed E-state index contributed by atoms with van der Waals surface area (Å²) in [6, 6.07) is 12.9. The van der Waals surface area contributed by atoms with E-state index in [2.05, 4.69) is 5.32 Å². The minimum Gasteiger partial charge on any atom is -0.481 e. The van der Waals surface area contributed by atoms with Crippen LogP contribution in [-0.4, -0.2) is 31.7 Å². The lowest BCUT2D eigenvalue weighted by atomic mass is 9.95. The molecule has 6 nitrogen and oxygen atoms in total. The minimum atomic E-state index is -3.40. The molecule has 2 N–H and O–H groups in total. The fourth-order valence-electron chi connectivity index (χ4n) is 2.39. The van der Waals surface area contributed by atoms with Gasteiger partial charge in [-0.25, -0.2) is 8.42 Å². The summed E-state index contributed by atoms with van der Waals surface area (Å²) in [4.78, 5) is 23.9. The lowest BCUT2D eigenvalue weighted by molar-refractivity contribution is -0.140. The summed E-state index contributed by atoms with van der Waals surface area (Å²) in [7, 11) is -3.40. The van der Waals surface area contributed by atoms with Gasteiger partial charge in [0.25, 0.3) is 0 Å². The van der Waals surface area contributed by atoms with E-state index in [1.165, 1.54) is 12.1 Å². The topological polar surface area (TPSA) is 101 Å². The lowest BCUT2D eigenvalue weighted by Gasteiger charge is -2.14. The van der Waals surface area contributed by atoms with E-state index in [0.717, 1.165) is 6.26 Å². The first-order valence-corrected chi connectivity index (χ1v) is 9.46. The van der Waals surface area contributed by atoms with Crippen LogP contribution in [0.4, 0.5) is 5.69 Å². The smallest absolute Gasteiger partial charge is 0.311 e. The van der Waals surface area contributed by atoms with E-state index in [0.29, 0.717) is 16.8 Å². The Morgan fingerprint density at radius 3 is 2.32 bits per heavy atom. The van der Waals surface area contributed by atoms with Crippen molar-refractivity contribution in [2.24, 2.45) is 0 Å². The number of benzene rings is 2. The van der Waals surface area contributed by atoms with Crippen LogP contribution in [0, 0.1) is 6.92 Å². The molecule has 0 aliphatic heterocycles. The molecule has 0 aliphatic rings. The Labute approximate surface area is 146 Å². The molecule has 1 amide bonds. The van der Waals surface area contributed by atoms with E-state index in [9.17, 15) is 23.1 Å². The number of hydrogen-bond acceptors (Lipinski definition) is 4. The fourth-order valence-corrected chi connectivity index (χ4v) is 3.03. The lowest BCUT2D eigenvalue weighted by Crippen LogP contribution is -2.21. The zero-order chi connectivity index (χ0) is 18.6. The van der Waals surface area contributed by atoms with Crippen molar-refractivity contribution in [3.8, 4) is 0 Å². The van der Waals surface area contributed by atoms with Crippen LogP contribution in [0.2, 0.25) is 0 Å².